The average molecular weight is 424 g/mol. The zero-order valence-electron chi connectivity index (χ0n) is 18.3. The average Bonchev–Trinajstić information content (AvgIpc) is 3.27. The third kappa shape index (κ3) is 3.74. The second-order valence-corrected chi connectivity index (χ2v) is 9.98. The molecule has 31 heavy (non-hydrogen) atoms. The zero-order valence-corrected chi connectivity index (χ0v) is 18.3. The molecule has 0 amide bonds. The lowest BCUT2D eigenvalue weighted by molar-refractivity contribution is 0.0719. The molecule has 1 aliphatic carbocycles. The van der Waals surface area contributed by atoms with Crippen LogP contribution >= 0.6 is 0 Å². The molecule has 6 heteroatoms. The number of fused-ring (bicyclic) bond motifs is 5. The van der Waals surface area contributed by atoms with Gasteiger partial charge >= 0.3 is 0 Å². The molecule has 0 spiro atoms. The molecular weight excluding hydrogens is 390 g/mol. The van der Waals surface area contributed by atoms with E-state index in [1.54, 1.807) is 0 Å². The number of ether oxygens (including phenoxy) is 2. The summed E-state index contributed by atoms with van der Waals surface area (Å²) in [6, 6.07) is 6.63. The Morgan fingerprint density at radius 3 is 2.48 bits per heavy atom. The highest BCUT2D eigenvalue weighted by Gasteiger charge is 2.33. The van der Waals surface area contributed by atoms with Gasteiger partial charge in [-0.3, -0.25) is 4.79 Å². The van der Waals surface area contributed by atoms with Gasteiger partial charge in [-0.05, 0) is 62.7 Å². The van der Waals surface area contributed by atoms with E-state index < -0.39 is 0 Å². The fraction of sp³-hybridized carbons (Fsp3) is 0.640. The van der Waals surface area contributed by atoms with Crippen LogP contribution in [0.3, 0.4) is 0 Å². The van der Waals surface area contributed by atoms with E-state index in [1.807, 2.05) is 16.7 Å². The molecular formula is C25H33N3O3. The number of rotatable bonds is 5. The minimum Gasteiger partial charge on any atom is -0.454 e. The predicted molar refractivity (Wildman–Crippen MR) is 121 cm³/mol. The lowest BCUT2D eigenvalue weighted by Gasteiger charge is -2.45. The summed E-state index contributed by atoms with van der Waals surface area (Å²) in [5.41, 5.74) is 2.01. The Kier molecular flexibility index (Phi) is 5.15. The zero-order chi connectivity index (χ0) is 20.8. The van der Waals surface area contributed by atoms with E-state index in [9.17, 15) is 4.79 Å². The van der Waals surface area contributed by atoms with Crippen molar-refractivity contribution in [3.05, 3.63) is 34.1 Å². The van der Waals surface area contributed by atoms with Crippen LogP contribution in [0.25, 0.3) is 10.9 Å². The van der Waals surface area contributed by atoms with Crippen LogP contribution in [0.1, 0.15) is 50.5 Å². The first-order valence-electron chi connectivity index (χ1n) is 12.2. The largest absolute Gasteiger partial charge is 0.454 e. The Morgan fingerprint density at radius 2 is 1.74 bits per heavy atom. The van der Waals surface area contributed by atoms with Gasteiger partial charge in [-0.1, -0.05) is 19.3 Å². The van der Waals surface area contributed by atoms with Crippen molar-refractivity contribution < 1.29 is 9.47 Å². The summed E-state index contributed by atoms with van der Waals surface area (Å²) < 4.78 is 13.3. The van der Waals surface area contributed by atoms with Crippen LogP contribution in [-0.2, 0) is 13.1 Å². The van der Waals surface area contributed by atoms with E-state index in [-0.39, 0.29) is 12.4 Å². The Balaban J connectivity index is 1.33. The highest BCUT2D eigenvalue weighted by Crippen LogP contribution is 2.36. The van der Waals surface area contributed by atoms with Gasteiger partial charge in [0.05, 0.1) is 5.52 Å². The molecule has 1 saturated carbocycles. The minimum atomic E-state index is 0.158. The SMILES string of the molecule is O=c1c(CNC2CN3CCC2CC3)cc2cc3c(cc2n1CC1CCCCC1)OCO3. The fourth-order valence-electron chi connectivity index (χ4n) is 6.20. The predicted octanol–water partition coefficient (Wildman–Crippen LogP) is 3.49. The third-order valence-corrected chi connectivity index (χ3v) is 8.04. The van der Waals surface area contributed by atoms with Crippen molar-refractivity contribution >= 4 is 10.9 Å². The number of nitrogens with zero attached hydrogens (tertiary/aromatic N) is 2. The molecule has 0 radical (unpaired) electrons. The van der Waals surface area contributed by atoms with Gasteiger partial charge in [-0.25, -0.2) is 0 Å². The van der Waals surface area contributed by atoms with E-state index in [1.165, 1.54) is 58.0 Å². The van der Waals surface area contributed by atoms with Gasteiger partial charge in [0, 0.05) is 42.7 Å². The van der Waals surface area contributed by atoms with Crippen molar-refractivity contribution in [2.75, 3.05) is 26.4 Å². The molecule has 2 bridgehead atoms. The Labute approximate surface area is 183 Å². The number of nitrogens with one attached hydrogen (secondary N) is 1. The number of hydrogen-bond donors (Lipinski definition) is 1. The Hall–Kier alpha value is -2.05. The molecule has 166 valence electrons. The molecule has 1 unspecified atom stereocenters. The van der Waals surface area contributed by atoms with Crippen LogP contribution in [0.2, 0.25) is 0 Å². The number of benzene rings is 1. The molecule has 5 heterocycles. The third-order valence-electron chi connectivity index (χ3n) is 8.04. The van der Waals surface area contributed by atoms with Crippen LogP contribution in [0.4, 0.5) is 0 Å². The topological polar surface area (TPSA) is 55.7 Å². The highest BCUT2D eigenvalue weighted by atomic mass is 16.7. The van der Waals surface area contributed by atoms with Crippen molar-refractivity contribution in [3.63, 3.8) is 0 Å². The molecule has 2 aromatic rings. The molecule has 6 nitrogen and oxygen atoms in total. The van der Waals surface area contributed by atoms with Gasteiger partial charge in [0.15, 0.2) is 11.5 Å². The molecule has 4 fully saturated rings. The van der Waals surface area contributed by atoms with Gasteiger partial charge in [-0.15, -0.1) is 0 Å². The molecule has 1 aromatic carbocycles. The first-order chi connectivity index (χ1) is 15.2. The van der Waals surface area contributed by atoms with Crippen molar-refractivity contribution in [1.82, 2.24) is 14.8 Å². The summed E-state index contributed by atoms with van der Waals surface area (Å²) >= 11 is 0. The second kappa shape index (κ2) is 8.14. The second-order valence-electron chi connectivity index (χ2n) is 9.98. The van der Waals surface area contributed by atoms with E-state index in [0.717, 1.165) is 47.0 Å². The number of hydrogen-bond acceptors (Lipinski definition) is 5. The van der Waals surface area contributed by atoms with E-state index in [0.29, 0.717) is 18.5 Å². The quantitative estimate of drug-likeness (QED) is 0.798. The van der Waals surface area contributed by atoms with E-state index >= 15 is 0 Å². The Morgan fingerprint density at radius 1 is 0.968 bits per heavy atom. The first kappa shape index (κ1) is 19.6. The lowest BCUT2D eigenvalue weighted by Crippen LogP contribution is -2.56. The van der Waals surface area contributed by atoms with Crippen LogP contribution in [0.5, 0.6) is 11.5 Å². The van der Waals surface area contributed by atoms with Gasteiger partial charge in [0.2, 0.25) is 6.79 Å². The molecule has 1 N–H and O–H groups in total. The molecule has 4 aliphatic heterocycles. The number of pyridine rings is 1. The van der Waals surface area contributed by atoms with Crippen molar-refractivity contribution in [1.29, 1.82) is 0 Å². The number of aromatic nitrogens is 1. The maximum Gasteiger partial charge on any atom is 0.255 e. The molecule has 5 aliphatic rings. The Bertz CT molecular complexity index is 1020. The first-order valence-corrected chi connectivity index (χ1v) is 12.2. The van der Waals surface area contributed by atoms with Crippen LogP contribution in [0.15, 0.2) is 23.0 Å². The summed E-state index contributed by atoms with van der Waals surface area (Å²) in [6.07, 6.45) is 8.90. The lowest BCUT2D eigenvalue weighted by atomic mass is 9.84. The van der Waals surface area contributed by atoms with Gasteiger partial charge in [0.25, 0.3) is 5.56 Å². The summed E-state index contributed by atoms with van der Waals surface area (Å²) in [7, 11) is 0. The van der Waals surface area contributed by atoms with Gasteiger partial charge in [0.1, 0.15) is 0 Å². The number of piperidine rings is 3. The normalized spacial score (nSPS) is 27.8. The monoisotopic (exact) mass is 423 g/mol. The summed E-state index contributed by atoms with van der Waals surface area (Å²) in [4.78, 5) is 16.2. The summed E-state index contributed by atoms with van der Waals surface area (Å²) in [5.74, 6) is 2.88. The van der Waals surface area contributed by atoms with E-state index in [4.69, 9.17) is 9.47 Å². The van der Waals surface area contributed by atoms with Crippen molar-refractivity contribution in [3.8, 4) is 11.5 Å². The van der Waals surface area contributed by atoms with Crippen LogP contribution < -0.4 is 20.3 Å². The van der Waals surface area contributed by atoms with Crippen molar-refractivity contribution in [2.45, 2.75) is 64.1 Å². The highest BCUT2D eigenvalue weighted by molar-refractivity contribution is 5.84. The maximum atomic E-state index is 13.6. The standard InChI is InChI=1S/C25H33N3O3/c29-25-20(13-26-21-15-27-8-6-18(21)7-9-27)10-19-11-23-24(31-16-30-23)12-22(19)28(25)14-17-4-2-1-3-5-17/h10-12,17-18,21,26H,1-9,13-16H2. The molecule has 1 aromatic heterocycles. The minimum absolute atomic E-state index is 0.158. The van der Waals surface area contributed by atoms with Gasteiger partial charge < -0.3 is 24.3 Å². The fourth-order valence-corrected chi connectivity index (χ4v) is 6.20. The van der Waals surface area contributed by atoms with Crippen molar-refractivity contribution in [2.24, 2.45) is 11.8 Å². The molecule has 3 saturated heterocycles. The summed E-state index contributed by atoms with van der Waals surface area (Å²) in [6.45, 7) is 5.30. The summed E-state index contributed by atoms with van der Waals surface area (Å²) in [5, 5.41) is 4.82. The molecule has 7 rings (SSSR count). The van der Waals surface area contributed by atoms with Crippen LogP contribution in [0, 0.1) is 11.8 Å². The maximum absolute atomic E-state index is 13.6. The van der Waals surface area contributed by atoms with Gasteiger partial charge in [-0.2, -0.15) is 0 Å². The van der Waals surface area contributed by atoms with Crippen LogP contribution in [-0.4, -0.2) is 41.9 Å². The molecule has 1 atom stereocenters. The van der Waals surface area contributed by atoms with E-state index in [2.05, 4.69) is 16.3 Å². The smallest absolute Gasteiger partial charge is 0.255 e.